The summed E-state index contributed by atoms with van der Waals surface area (Å²) in [6.07, 6.45) is -2.00. The molecule has 0 bridgehead atoms. The Bertz CT molecular complexity index is 1030. The van der Waals surface area contributed by atoms with E-state index in [9.17, 15) is 23.6 Å². The highest BCUT2D eigenvalue weighted by atomic mass is 19.1. The Morgan fingerprint density at radius 3 is 2.03 bits per heavy atom. The molecule has 1 aromatic carbocycles. The van der Waals surface area contributed by atoms with Crippen molar-refractivity contribution in [2.75, 3.05) is 34.2 Å². The van der Waals surface area contributed by atoms with Gasteiger partial charge in [-0.2, -0.15) is 0 Å². The maximum atomic E-state index is 13.4. The Morgan fingerprint density at radius 1 is 1.00 bits per heavy atom. The minimum Gasteiger partial charge on any atom is -0.481 e. The summed E-state index contributed by atoms with van der Waals surface area (Å²) in [5.41, 5.74) is -0.0682. The van der Waals surface area contributed by atoms with E-state index >= 15 is 0 Å². The summed E-state index contributed by atoms with van der Waals surface area (Å²) in [4.78, 5) is 49.7. The van der Waals surface area contributed by atoms with Gasteiger partial charge in [0.15, 0.2) is 5.60 Å². The van der Waals surface area contributed by atoms with Crippen molar-refractivity contribution in [1.29, 1.82) is 0 Å². The molecule has 0 saturated carbocycles. The summed E-state index contributed by atoms with van der Waals surface area (Å²) >= 11 is 0. The zero-order valence-electron chi connectivity index (χ0n) is 19.5. The first-order valence-corrected chi connectivity index (χ1v) is 10.2. The molecule has 0 saturated heterocycles. The normalized spacial score (nSPS) is 11.1. The molecular formula is C22H30FN3O8. The van der Waals surface area contributed by atoms with Gasteiger partial charge in [-0.1, -0.05) is 0 Å². The van der Waals surface area contributed by atoms with Gasteiger partial charge < -0.3 is 35.2 Å². The van der Waals surface area contributed by atoms with Crippen molar-refractivity contribution in [3.8, 4) is 0 Å². The van der Waals surface area contributed by atoms with Crippen LogP contribution in [-0.4, -0.2) is 98.9 Å². The highest BCUT2D eigenvalue weighted by Gasteiger charge is 2.40. The van der Waals surface area contributed by atoms with Crippen LogP contribution in [0.5, 0.6) is 0 Å². The van der Waals surface area contributed by atoms with E-state index in [0.717, 1.165) is 28.7 Å². The van der Waals surface area contributed by atoms with Crippen LogP contribution in [0.25, 0.3) is 10.9 Å². The lowest BCUT2D eigenvalue weighted by Crippen LogP contribution is -2.42. The number of aliphatic carboxylic acids is 3. The predicted octanol–water partition coefficient (Wildman–Crippen LogP) is 0.929. The number of carbonyl (C=O) groups excluding carboxylic acids is 1. The van der Waals surface area contributed by atoms with Crippen LogP contribution in [0.3, 0.4) is 0 Å². The van der Waals surface area contributed by atoms with Crippen molar-refractivity contribution in [2.45, 2.75) is 31.8 Å². The first-order chi connectivity index (χ1) is 15.7. The molecule has 12 heteroatoms. The number of hydrogen-bond donors (Lipinski definition) is 5. The molecule has 0 aliphatic heterocycles. The minimum atomic E-state index is -2.74. The van der Waals surface area contributed by atoms with E-state index in [1.165, 1.54) is 12.1 Å². The number of carboxylic acid groups (broad SMARTS) is 3. The predicted molar refractivity (Wildman–Crippen MR) is 120 cm³/mol. The summed E-state index contributed by atoms with van der Waals surface area (Å²) in [5.74, 6) is -5.25. The maximum absolute atomic E-state index is 13.4. The van der Waals surface area contributed by atoms with Gasteiger partial charge in [-0.25, -0.2) is 9.18 Å². The topological polar surface area (TPSA) is 171 Å². The monoisotopic (exact) mass is 483 g/mol. The van der Waals surface area contributed by atoms with Gasteiger partial charge >= 0.3 is 17.9 Å². The molecule has 0 unspecified atom stereocenters. The van der Waals surface area contributed by atoms with Crippen LogP contribution in [-0.2, 0) is 25.6 Å². The average molecular weight is 483 g/mol. The van der Waals surface area contributed by atoms with Gasteiger partial charge in [0.25, 0.3) is 0 Å². The molecule has 1 heterocycles. The third kappa shape index (κ3) is 8.45. The van der Waals surface area contributed by atoms with Gasteiger partial charge in [-0.15, -0.1) is 0 Å². The van der Waals surface area contributed by atoms with Crippen molar-refractivity contribution >= 4 is 34.7 Å². The molecule has 0 aliphatic rings. The molecule has 11 nitrogen and oxygen atoms in total. The second-order valence-corrected chi connectivity index (χ2v) is 8.19. The maximum Gasteiger partial charge on any atom is 0.336 e. The number of rotatable bonds is 10. The smallest absolute Gasteiger partial charge is 0.336 e. The quantitative estimate of drug-likeness (QED) is 0.330. The molecule has 1 amide bonds. The van der Waals surface area contributed by atoms with Crippen LogP contribution in [0.15, 0.2) is 18.2 Å². The molecule has 5 N–H and O–H groups in total. The van der Waals surface area contributed by atoms with Gasteiger partial charge in [-0.3, -0.25) is 14.4 Å². The Morgan fingerprint density at radius 2 is 1.56 bits per heavy atom. The highest BCUT2D eigenvalue weighted by Crippen LogP contribution is 2.24. The zero-order valence-corrected chi connectivity index (χ0v) is 19.5. The van der Waals surface area contributed by atoms with Gasteiger partial charge in [-0.05, 0) is 44.8 Å². The number of aliphatic hydroxyl groups is 1. The third-order valence-electron chi connectivity index (χ3n) is 5.00. The number of likely N-dealkylation sites (N-methyl/N-ethyl adjacent to an activating group) is 2. The summed E-state index contributed by atoms with van der Waals surface area (Å²) in [6.45, 7) is 3.42. The Labute approximate surface area is 195 Å². The zero-order chi connectivity index (χ0) is 26.2. The molecule has 188 valence electrons. The number of fused-ring (bicyclic) bond motifs is 1. The van der Waals surface area contributed by atoms with E-state index in [0.29, 0.717) is 13.0 Å². The molecule has 0 aliphatic carbocycles. The van der Waals surface area contributed by atoms with Crippen LogP contribution < -0.4 is 0 Å². The SMILES string of the molecule is Cc1[nH]c2ccc(F)cc2c1CC(=O)N(C)CCN(C)C.O=C(O)CC(O)(CC(=O)O)C(=O)O. The van der Waals surface area contributed by atoms with E-state index in [1.807, 2.05) is 25.9 Å². The summed E-state index contributed by atoms with van der Waals surface area (Å²) in [6, 6.07) is 4.62. The number of aromatic nitrogens is 1. The van der Waals surface area contributed by atoms with Crippen LogP contribution in [0.2, 0.25) is 0 Å². The number of H-pyrrole nitrogens is 1. The first kappa shape index (κ1) is 28.5. The van der Waals surface area contributed by atoms with Crippen molar-refractivity contribution in [3.63, 3.8) is 0 Å². The second-order valence-electron chi connectivity index (χ2n) is 8.19. The molecule has 0 spiro atoms. The minimum absolute atomic E-state index is 0.0464. The number of aromatic amines is 1. The average Bonchev–Trinajstić information content (AvgIpc) is 2.99. The first-order valence-electron chi connectivity index (χ1n) is 10.2. The largest absolute Gasteiger partial charge is 0.481 e. The van der Waals surface area contributed by atoms with Gasteiger partial charge in [0.1, 0.15) is 5.82 Å². The number of nitrogens with zero attached hydrogens (tertiary/aromatic N) is 2. The lowest BCUT2D eigenvalue weighted by atomic mass is 9.96. The van der Waals surface area contributed by atoms with E-state index in [-0.39, 0.29) is 11.7 Å². The van der Waals surface area contributed by atoms with Gasteiger partial charge in [0, 0.05) is 36.7 Å². The number of aryl methyl sites for hydroxylation is 1. The Kier molecular flexibility index (Phi) is 10.1. The molecule has 0 atom stereocenters. The van der Waals surface area contributed by atoms with Crippen molar-refractivity contribution in [3.05, 3.63) is 35.3 Å². The van der Waals surface area contributed by atoms with Crippen LogP contribution >= 0.6 is 0 Å². The number of carbonyl (C=O) groups is 4. The summed E-state index contributed by atoms with van der Waals surface area (Å²) in [7, 11) is 5.76. The van der Waals surface area contributed by atoms with Crippen molar-refractivity contribution < 1.29 is 44.0 Å². The van der Waals surface area contributed by atoms with E-state index in [2.05, 4.69) is 4.98 Å². The number of amides is 1. The summed E-state index contributed by atoms with van der Waals surface area (Å²) in [5, 5.41) is 34.6. The molecule has 2 rings (SSSR count). The number of carboxylic acids is 3. The molecule has 1 aromatic heterocycles. The Balaban J connectivity index is 0.000000385. The fourth-order valence-electron chi connectivity index (χ4n) is 3.06. The fraction of sp³-hybridized carbons (Fsp3) is 0.455. The van der Waals surface area contributed by atoms with Gasteiger partial charge in [0.05, 0.1) is 19.3 Å². The standard InChI is InChI=1S/C16H22FN3O.C6H8O7/c1-11-13(10-16(21)20(4)8-7-19(2)3)14-9-12(17)5-6-15(14)18-11;7-3(8)1-6(13,5(11)12)2-4(9)10/h5-6,9,18H,7-8,10H2,1-4H3;13H,1-2H2,(H,7,8)(H,9,10)(H,11,12). The molecule has 34 heavy (non-hydrogen) atoms. The second kappa shape index (κ2) is 12.1. The van der Waals surface area contributed by atoms with Crippen LogP contribution in [0, 0.1) is 12.7 Å². The van der Waals surface area contributed by atoms with Crippen molar-refractivity contribution in [2.24, 2.45) is 0 Å². The van der Waals surface area contributed by atoms with Crippen molar-refractivity contribution in [1.82, 2.24) is 14.8 Å². The van der Waals surface area contributed by atoms with Crippen LogP contribution in [0.1, 0.15) is 24.1 Å². The van der Waals surface area contributed by atoms with E-state index in [4.69, 9.17) is 20.4 Å². The third-order valence-corrected chi connectivity index (χ3v) is 5.00. The molecule has 0 radical (unpaired) electrons. The lowest BCUT2D eigenvalue weighted by Gasteiger charge is -2.19. The van der Waals surface area contributed by atoms with E-state index < -0.39 is 36.4 Å². The number of halogens is 1. The highest BCUT2D eigenvalue weighted by molar-refractivity contribution is 5.90. The number of hydrogen-bond acceptors (Lipinski definition) is 6. The molecule has 2 aromatic rings. The number of nitrogens with one attached hydrogen (secondary N) is 1. The fourth-order valence-corrected chi connectivity index (χ4v) is 3.06. The molecular weight excluding hydrogens is 453 g/mol. The summed E-state index contributed by atoms with van der Waals surface area (Å²) < 4.78 is 13.4. The van der Waals surface area contributed by atoms with Crippen LogP contribution in [0.4, 0.5) is 4.39 Å². The van der Waals surface area contributed by atoms with Gasteiger partial charge in [0.2, 0.25) is 5.91 Å². The Hall–Kier alpha value is -3.51. The lowest BCUT2D eigenvalue weighted by molar-refractivity contribution is -0.170. The number of benzene rings is 1. The van der Waals surface area contributed by atoms with E-state index in [1.54, 1.807) is 18.0 Å². The molecule has 0 fully saturated rings.